The van der Waals surface area contributed by atoms with Crippen molar-refractivity contribution in [3.8, 4) is 0 Å². The average Bonchev–Trinajstić information content (AvgIpc) is 2.72. The van der Waals surface area contributed by atoms with Gasteiger partial charge in [-0.3, -0.25) is 0 Å². The molecule has 6 heteroatoms. The van der Waals surface area contributed by atoms with Gasteiger partial charge in [-0.15, -0.1) is 0 Å². The summed E-state index contributed by atoms with van der Waals surface area (Å²) in [6, 6.07) is 1.84. The second-order valence-electron chi connectivity index (χ2n) is 4.77. The Labute approximate surface area is 106 Å². The Hall–Kier alpha value is -1.56. The first-order valence-electron chi connectivity index (χ1n) is 5.89. The number of fused-ring (bicyclic) bond motifs is 3. The van der Waals surface area contributed by atoms with Gasteiger partial charge in [0, 0.05) is 31.4 Å². The zero-order valence-corrected chi connectivity index (χ0v) is 11.2. The van der Waals surface area contributed by atoms with Gasteiger partial charge in [0.1, 0.15) is 0 Å². The van der Waals surface area contributed by atoms with E-state index in [0.29, 0.717) is 5.65 Å². The molecule has 3 heterocycles. The predicted octanol–water partition coefficient (Wildman–Crippen LogP) is 1.23. The van der Waals surface area contributed by atoms with E-state index in [4.69, 9.17) is 0 Å². The van der Waals surface area contributed by atoms with Gasteiger partial charge in [0.2, 0.25) is 10.0 Å². The molecule has 0 saturated carbocycles. The van der Waals surface area contributed by atoms with Crippen molar-refractivity contribution < 1.29 is 8.42 Å². The van der Waals surface area contributed by atoms with Crippen molar-refractivity contribution in [1.29, 1.82) is 0 Å². The molecule has 2 aromatic heterocycles. The fraction of sp³-hybridized carbons (Fsp3) is 0.417. The highest BCUT2D eigenvalue weighted by molar-refractivity contribution is 7.89. The van der Waals surface area contributed by atoms with Crippen LogP contribution in [0.5, 0.6) is 0 Å². The Morgan fingerprint density at radius 1 is 1.39 bits per heavy atom. The number of nitrogens with zero attached hydrogens (tertiary/aromatic N) is 3. The SMILES string of the molecule is CN1CCCc2cnc3c(ccn3S(C)(=O)=O)c21. The third-order valence-corrected chi connectivity index (χ3v) is 4.42. The van der Waals surface area contributed by atoms with E-state index < -0.39 is 10.0 Å². The molecule has 0 saturated heterocycles. The molecule has 0 bridgehead atoms. The van der Waals surface area contributed by atoms with E-state index in [0.717, 1.165) is 30.5 Å². The van der Waals surface area contributed by atoms with E-state index >= 15 is 0 Å². The summed E-state index contributed by atoms with van der Waals surface area (Å²) in [5.74, 6) is 0. The van der Waals surface area contributed by atoms with Crippen LogP contribution in [0.2, 0.25) is 0 Å². The Bertz CT molecular complexity index is 718. The second kappa shape index (κ2) is 3.71. The van der Waals surface area contributed by atoms with Crippen molar-refractivity contribution in [2.75, 3.05) is 24.7 Å². The second-order valence-corrected chi connectivity index (χ2v) is 6.63. The summed E-state index contributed by atoms with van der Waals surface area (Å²) in [4.78, 5) is 6.49. The van der Waals surface area contributed by atoms with Crippen LogP contribution in [0.15, 0.2) is 18.5 Å². The maximum atomic E-state index is 11.7. The van der Waals surface area contributed by atoms with E-state index in [1.165, 1.54) is 15.8 Å². The quantitative estimate of drug-likeness (QED) is 0.778. The number of hydrogen-bond donors (Lipinski definition) is 0. The zero-order valence-electron chi connectivity index (χ0n) is 10.4. The normalized spacial score (nSPS) is 16.0. The lowest BCUT2D eigenvalue weighted by atomic mass is 10.0. The Morgan fingerprint density at radius 3 is 2.89 bits per heavy atom. The lowest BCUT2D eigenvalue weighted by molar-refractivity contribution is 0.595. The molecule has 5 nitrogen and oxygen atoms in total. The van der Waals surface area contributed by atoms with E-state index in [2.05, 4.69) is 9.88 Å². The van der Waals surface area contributed by atoms with Crippen LogP contribution in [0.25, 0.3) is 11.0 Å². The lowest BCUT2D eigenvalue weighted by Crippen LogP contribution is -2.25. The Balaban J connectivity index is 2.35. The van der Waals surface area contributed by atoms with E-state index in [9.17, 15) is 8.42 Å². The van der Waals surface area contributed by atoms with Crippen LogP contribution < -0.4 is 4.90 Å². The molecule has 0 N–H and O–H groups in total. The summed E-state index contributed by atoms with van der Waals surface area (Å²) in [6.07, 6.45) is 6.69. The first-order valence-corrected chi connectivity index (χ1v) is 7.74. The van der Waals surface area contributed by atoms with Crippen LogP contribution in [-0.4, -0.2) is 37.2 Å². The topological polar surface area (TPSA) is 55.2 Å². The van der Waals surface area contributed by atoms with Crippen molar-refractivity contribution in [3.05, 3.63) is 24.0 Å². The van der Waals surface area contributed by atoms with Crippen molar-refractivity contribution in [1.82, 2.24) is 8.96 Å². The minimum absolute atomic E-state index is 0.519. The third kappa shape index (κ3) is 1.59. The Morgan fingerprint density at radius 2 is 2.17 bits per heavy atom. The van der Waals surface area contributed by atoms with Crippen LogP contribution in [-0.2, 0) is 16.4 Å². The maximum absolute atomic E-state index is 11.7. The van der Waals surface area contributed by atoms with E-state index in [-0.39, 0.29) is 0 Å². The van der Waals surface area contributed by atoms with Gasteiger partial charge in [-0.05, 0) is 24.5 Å². The highest BCUT2D eigenvalue weighted by atomic mass is 32.2. The highest BCUT2D eigenvalue weighted by Crippen LogP contribution is 2.33. The fourth-order valence-electron chi connectivity index (χ4n) is 2.61. The summed E-state index contributed by atoms with van der Waals surface area (Å²) < 4.78 is 24.6. The Kier molecular flexibility index (Phi) is 2.38. The van der Waals surface area contributed by atoms with Gasteiger partial charge >= 0.3 is 0 Å². The molecule has 96 valence electrons. The molecule has 0 atom stereocenters. The van der Waals surface area contributed by atoms with Crippen molar-refractivity contribution in [2.24, 2.45) is 0 Å². The van der Waals surface area contributed by atoms with Gasteiger partial charge in [-0.25, -0.2) is 17.4 Å². The highest BCUT2D eigenvalue weighted by Gasteiger charge is 2.20. The van der Waals surface area contributed by atoms with Crippen LogP contribution in [0, 0.1) is 0 Å². The number of rotatable bonds is 1. The van der Waals surface area contributed by atoms with Gasteiger partial charge in [-0.1, -0.05) is 0 Å². The van der Waals surface area contributed by atoms with Crippen molar-refractivity contribution >= 4 is 26.7 Å². The predicted molar refractivity (Wildman–Crippen MR) is 71.6 cm³/mol. The molecular weight excluding hydrogens is 250 g/mol. The lowest BCUT2D eigenvalue weighted by Gasteiger charge is -2.27. The molecule has 0 spiro atoms. The van der Waals surface area contributed by atoms with Gasteiger partial charge in [0.25, 0.3) is 0 Å². The third-order valence-electron chi connectivity index (χ3n) is 3.41. The van der Waals surface area contributed by atoms with Gasteiger partial charge in [0.15, 0.2) is 5.65 Å². The van der Waals surface area contributed by atoms with E-state index in [1.807, 2.05) is 13.1 Å². The number of aromatic nitrogens is 2. The monoisotopic (exact) mass is 265 g/mol. The number of hydrogen-bond acceptors (Lipinski definition) is 4. The molecule has 2 aromatic rings. The first kappa shape index (κ1) is 11.5. The standard InChI is InChI=1S/C12H15N3O2S/c1-14-6-3-4-9-8-13-12-10(11(9)14)5-7-15(12)18(2,16)17/h5,7-8H,3-4,6H2,1-2H3. The summed E-state index contributed by atoms with van der Waals surface area (Å²) in [7, 11) is -1.26. The van der Waals surface area contributed by atoms with Crippen LogP contribution in [0.1, 0.15) is 12.0 Å². The summed E-state index contributed by atoms with van der Waals surface area (Å²) >= 11 is 0. The van der Waals surface area contributed by atoms with Crippen LogP contribution in [0.4, 0.5) is 5.69 Å². The molecule has 0 amide bonds. The number of anilines is 1. The van der Waals surface area contributed by atoms with Gasteiger partial charge in [0.05, 0.1) is 11.9 Å². The molecule has 18 heavy (non-hydrogen) atoms. The fourth-order valence-corrected chi connectivity index (χ4v) is 3.35. The molecule has 0 aliphatic carbocycles. The van der Waals surface area contributed by atoms with Crippen molar-refractivity contribution in [2.45, 2.75) is 12.8 Å². The molecular formula is C12H15N3O2S. The first-order chi connectivity index (χ1) is 8.48. The summed E-state index contributed by atoms with van der Waals surface area (Å²) in [5, 5.41) is 0.917. The molecule has 1 aliphatic rings. The van der Waals surface area contributed by atoms with Crippen molar-refractivity contribution in [3.63, 3.8) is 0 Å². The minimum Gasteiger partial charge on any atom is -0.374 e. The molecule has 0 unspecified atom stereocenters. The molecule has 3 rings (SSSR count). The van der Waals surface area contributed by atoms with E-state index in [1.54, 1.807) is 12.4 Å². The molecule has 0 radical (unpaired) electrons. The number of pyridine rings is 1. The molecule has 0 fully saturated rings. The van der Waals surface area contributed by atoms with Gasteiger partial charge in [-0.2, -0.15) is 0 Å². The summed E-state index contributed by atoms with van der Waals surface area (Å²) in [5.41, 5.74) is 2.83. The molecule has 1 aliphatic heterocycles. The summed E-state index contributed by atoms with van der Waals surface area (Å²) in [6.45, 7) is 0.996. The zero-order chi connectivity index (χ0) is 12.9. The van der Waals surface area contributed by atoms with Crippen LogP contribution in [0.3, 0.4) is 0 Å². The average molecular weight is 265 g/mol. The number of aryl methyl sites for hydroxylation is 1. The van der Waals surface area contributed by atoms with Gasteiger partial charge < -0.3 is 4.90 Å². The maximum Gasteiger partial charge on any atom is 0.237 e. The van der Waals surface area contributed by atoms with Crippen LogP contribution >= 0.6 is 0 Å². The minimum atomic E-state index is -3.29. The smallest absolute Gasteiger partial charge is 0.237 e. The molecule has 0 aromatic carbocycles. The largest absolute Gasteiger partial charge is 0.374 e.